The van der Waals surface area contributed by atoms with Crippen molar-refractivity contribution in [2.75, 3.05) is 0 Å². The van der Waals surface area contributed by atoms with E-state index in [0.29, 0.717) is 30.3 Å². The third-order valence-electron chi connectivity index (χ3n) is 5.39. The van der Waals surface area contributed by atoms with Crippen LogP contribution in [0.1, 0.15) is 54.9 Å². The first-order valence-corrected chi connectivity index (χ1v) is 9.57. The maximum absolute atomic E-state index is 12.3. The molecule has 3 aromatic rings. The van der Waals surface area contributed by atoms with Crippen LogP contribution in [0.4, 0.5) is 0 Å². The van der Waals surface area contributed by atoms with Crippen LogP contribution in [0.3, 0.4) is 0 Å². The van der Waals surface area contributed by atoms with Crippen LogP contribution in [0, 0.1) is 20.8 Å². The zero-order valence-corrected chi connectivity index (χ0v) is 16.1. The number of rotatable bonds is 5. The van der Waals surface area contributed by atoms with Gasteiger partial charge in [-0.25, -0.2) is 4.68 Å². The van der Waals surface area contributed by atoms with Gasteiger partial charge in [0.25, 0.3) is 0 Å². The number of aryl methyl sites for hydroxylation is 2. The number of carbonyl (C=O) groups excluding carboxylic acids is 1. The minimum absolute atomic E-state index is 0.133. The SMILES string of the molecule is Cc1nn(-c2ccc3nnc(C)n3n2)c(C)c1CCC(=O)NC1CCCC1. The Hall–Kier alpha value is -2.77. The molecular formula is C19H25N7O. The highest BCUT2D eigenvalue weighted by atomic mass is 16.1. The fraction of sp³-hybridized carbons (Fsp3) is 0.526. The molecule has 0 aromatic carbocycles. The number of fused-ring (bicyclic) bond motifs is 1. The van der Waals surface area contributed by atoms with Crippen LogP contribution in [0.2, 0.25) is 0 Å². The van der Waals surface area contributed by atoms with Gasteiger partial charge in [-0.3, -0.25) is 4.79 Å². The Labute approximate surface area is 158 Å². The zero-order chi connectivity index (χ0) is 19.0. The summed E-state index contributed by atoms with van der Waals surface area (Å²) in [5, 5.41) is 20.5. The molecule has 27 heavy (non-hydrogen) atoms. The number of amides is 1. The third-order valence-corrected chi connectivity index (χ3v) is 5.39. The van der Waals surface area contributed by atoms with E-state index >= 15 is 0 Å². The van der Waals surface area contributed by atoms with Gasteiger partial charge in [-0.05, 0) is 57.7 Å². The third kappa shape index (κ3) is 3.43. The predicted molar refractivity (Wildman–Crippen MR) is 101 cm³/mol. The molecule has 4 rings (SSSR count). The van der Waals surface area contributed by atoms with Crippen molar-refractivity contribution in [3.05, 3.63) is 34.9 Å². The minimum Gasteiger partial charge on any atom is -0.353 e. The van der Waals surface area contributed by atoms with Crippen LogP contribution >= 0.6 is 0 Å². The van der Waals surface area contributed by atoms with Crippen LogP contribution < -0.4 is 5.32 Å². The lowest BCUT2D eigenvalue weighted by atomic mass is 10.1. The Kier molecular flexibility index (Phi) is 4.63. The topological polar surface area (TPSA) is 90.0 Å². The van der Waals surface area contributed by atoms with E-state index in [-0.39, 0.29) is 5.91 Å². The van der Waals surface area contributed by atoms with Crippen molar-refractivity contribution in [3.63, 3.8) is 0 Å². The molecule has 0 unspecified atom stereocenters. The summed E-state index contributed by atoms with van der Waals surface area (Å²) < 4.78 is 3.54. The highest BCUT2D eigenvalue weighted by molar-refractivity contribution is 5.76. The van der Waals surface area contributed by atoms with Crippen molar-refractivity contribution in [2.45, 2.75) is 65.3 Å². The van der Waals surface area contributed by atoms with E-state index in [1.165, 1.54) is 12.8 Å². The highest BCUT2D eigenvalue weighted by Gasteiger charge is 2.19. The largest absolute Gasteiger partial charge is 0.353 e. The lowest BCUT2D eigenvalue weighted by Gasteiger charge is -2.11. The summed E-state index contributed by atoms with van der Waals surface area (Å²) in [6, 6.07) is 4.14. The molecule has 1 N–H and O–H groups in total. The Morgan fingerprint density at radius 1 is 1.15 bits per heavy atom. The van der Waals surface area contributed by atoms with Crippen LogP contribution in [0.25, 0.3) is 11.5 Å². The van der Waals surface area contributed by atoms with Gasteiger partial charge in [0, 0.05) is 18.2 Å². The van der Waals surface area contributed by atoms with Crippen LogP contribution in [0.15, 0.2) is 12.1 Å². The minimum atomic E-state index is 0.133. The number of aromatic nitrogens is 6. The van der Waals surface area contributed by atoms with E-state index in [2.05, 4.69) is 25.7 Å². The standard InChI is InChI=1S/C19H25N7O/c1-12-16(8-11-19(27)20-15-6-4-5-7-15)13(2)25(23-12)18-10-9-17-22-21-14(3)26(17)24-18/h9-10,15H,4-8,11H2,1-3H3,(H,20,27). The number of nitrogens with zero attached hydrogens (tertiary/aromatic N) is 6. The molecule has 0 atom stereocenters. The molecule has 0 bridgehead atoms. The lowest BCUT2D eigenvalue weighted by Crippen LogP contribution is -2.32. The average Bonchev–Trinajstić information content (AvgIpc) is 3.35. The molecule has 0 saturated heterocycles. The van der Waals surface area contributed by atoms with Gasteiger partial charge in [0.1, 0.15) is 0 Å². The quantitative estimate of drug-likeness (QED) is 0.747. The molecular weight excluding hydrogens is 342 g/mol. The van der Waals surface area contributed by atoms with E-state index in [0.717, 1.165) is 35.6 Å². The van der Waals surface area contributed by atoms with Crippen molar-refractivity contribution in [1.29, 1.82) is 0 Å². The van der Waals surface area contributed by atoms with Crippen molar-refractivity contribution in [1.82, 2.24) is 34.9 Å². The van der Waals surface area contributed by atoms with Crippen LogP contribution in [0.5, 0.6) is 0 Å². The summed E-state index contributed by atoms with van der Waals surface area (Å²) in [4.78, 5) is 12.3. The molecule has 1 aliphatic carbocycles. The molecule has 3 aromatic heterocycles. The second-order valence-corrected chi connectivity index (χ2v) is 7.32. The number of nitrogens with one attached hydrogen (secondary N) is 1. The Morgan fingerprint density at radius 2 is 1.93 bits per heavy atom. The smallest absolute Gasteiger partial charge is 0.220 e. The second kappa shape index (κ2) is 7.09. The first kappa shape index (κ1) is 17.6. The summed E-state index contributed by atoms with van der Waals surface area (Å²) in [5.41, 5.74) is 3.77. The average molecular weight is 367 g/mol. The molecule has 8 heteroatoms. The molecule has 0 spiro atoms. The van der Waals surface area contributed by atoms with E-state index in [4.69, 9.17) is 0 Å². The first-order chi connectivity index (χ1) is 13.0. The Bertz CT molecular complexity index is 982. The van der Waals surface area contributed by atoms with Crippen LogP contribution in [-0.2, 0) is 11.2 Å². The maximum Gasteiger partial charge on any atom is 0.220 e. The molecule has 8 nitrogen and oxygen atoms in total. The lowest BCUT2D eigenvalue weighted by molar-refractivity contribution is -0.121. The molecule has 1 amide bonds. The maximum atomic E-state index is 12.3. The highest BCUT2D eigenvalue weighted by Crippen LogP contribution is 2.20. The number of hydrogen-bond acceptors (Lipinski definition) is 5. The van der Waals surface area contributed by atoms with Crippen LogP contribution in [-0.4, -0.2) is 41.5 Å². The molecule has 0 aliphatic heterocycles. The second-order valence-electron chi connectivity index (χ2n) is 7.32. The Balaban J connectivity index is 1.52. The van der Waals surface area contributed by atoms with E-state index in [9.17, 15) is 4.79 Å². The molecule has 1 saturated carbocycles. The zero-order valence-electron chi connectivity index (χ0n) is 16.1. The molecule has 0 radical (unpaired) electrons. The van der Waals surface area contributed by atoms with E-state index < -0.39 is 0 Å². The van der Waals surface area contributed by atoms with Gasteiger partial charge < -0.3 is 5.32 Å². The van der Waals surface area contributed by atoms with Crippen molar-refractivity contribution >= 4 is 11.6 Å². The fourth-order valence-corrected chi connectivity index (χ4v) is 3.87. The van der Waals surface area contributed by atoms with Crippen molar-refractivity contribution in [2.24, 2.45) is 0 Å². The Morgan fingerprint density at radius 3 is 2.70 bits per heavy atom. The van der Waals surface area contributed by atoms with E-state index in [1.807, 2.05) is 37.6 Å². The van der Waals surface area contributed by atoms with Gasteiger partial charge >= 0.3 is 0 Å². The summed E-state index contributed by atoms with van der Waals surface area (Å²) in [5.74, 6) is 1.58. The van der Waals surface area contributed by atoms with Gasteiger partial charge in [-0.1, -0.05) is 12.8 Å². The van der Waals surface area contributed by atoms with Gasteiger partial charge in [0.05, 0.1) is 5.69 Å². The monoisotopic (exact) mass is 367 g/mol. The normalized spacial score (nSPS) is 14.9. The summed E-state index contributed by atoms with van der Waals surface area (Å²) >= 11 is 0. The first-order valence-electron chi connectivity index (χ1n) is 9.57. The van der Waals surface area contributed by atoms with Crippen molar-refractivity contribution < 1.29 is 4.79 Å². The summed E-state index contributed by atoms with van der Waals surface area (Å²) in [7, 11) is 0. The predicted octanol–water partition coefficient (Wildman–Crippen LogP) is 2.23. The molecule has 3 heterocycles. The molecule has 142 valence electrons. The van der Waals surface area contributed by atoms with Gasteiger partial charge in [-0.15, -0.1) is 15.3 Å². The summed E-state index contributed by atoms with van der Waals surface area (Å²) in [6.07, 6.45) is 5.83. The van der Waals surface area contributed by atoms with E-state index in [1.54, 1.807) is 4.52 Å². The number of carbonyl (C=O) groups is 1. The van der Waals surface area contributed by atoms with Crippen molar-refractivity contribution in [3.8, 4) is 5.82 Å². The van der Waals surface area contributed by atoms with Gasteiger partial charge in [0.15, 0.2) is 17.3 Å². The van der Waals surface area contributed by atoms with Gasteiger partial charge in [-0.2, -0.15) is 9.61 Å². The molecule has 1 aliphatic rings. The number of hydrogen-bond donors (Lipinski definition) is 1. The van der Waals surface area contributed by atoms with Gasteiger partial charge in [0.2, 0.25) is 5.91 Å². The fourth-order valence-electron chi connectivity index (χ4n) is 3.87. The molecule has 1 fully saturated rings. The summed E-state index contributed by atoms with van der Waals surface area (Å²) in [6.45, 7) is 5.87.